The van der Waals surface area contributed by atoms with Crippen LogP contribution in [0.4, 0.5) is 16.2 Å². The molecule has 2 amide bonds. The molecule has 11 nitrogen and oxygen atoms in total. The molecule has 1 aliphatic heterocycles. The maximum atomic E-state index is 12.7. The van der Waals surface area contributed by atoms with E-state index in [1.54, 1.807) is 45.0 Å². The second kappa shape index (κ2) is 10.4. The van der Waals surface area contributed by atoms with Gasteiger partial charge in [0.1, 0.15) is 12.1 Å². The number of sulfonamides is 1. The average molecular weight is 517 g/mol. The molecular formula is C24H28N4O7S. The molecule has 0 unspecified atom stereocenters. The number of benzene rings is 2. The van der Waals surface area contributed by atoms with Gasteiger partial charge >= 0.3 is 12.1 Å². The Hall–Kier alpha value is -3.90. The molecule has 0 spiro atoms. The molecule has 4 N–H and O–H groups in total. The second-order valence-electron chi connectivity index (χ2n) is 9.03. The minimum Gasteiger partial charge on any atom is -0.480 e. The number of alkyl carbamates (subject to hydrolysis) is 1. The number of likely N-dealkylation sites (N-methyl/N-ethyl adjacent to an activating group) is 1. The number of amides is 2. The van der Waals surface area contributed by atoms with Crippen LogP contribution in [0.3, 0.4) is 0 Å². The molecule has 0 radical (unpaired) electrons. The Balaban J connectivity index is 1.83. The topological polar surface area (TPSA) is 154 Å². The third-order valence-corrected chi connectivity index (χ3v) is 6.82. The fourth-order valence-corrected chi connectivity index (χ4v) is 4.62. The Morgan fingerprint density at radius 1 is 1.17 bits per heavy atom. The van der Waals surface area contributed by atoms with E-state index in [2.05, 4.69) is 16.0 Å². The predicted molar refractivity (Wildman–Crippen MR) is 134 cm³/mol. The van der Waals surface area contributed by atoms with Crippen molar-refractivity contribution in [2.45, 2.75) is 37.8 Å². The van der Waals surface area contributed by atoms with Gasteiger partial charge in [0, 0.05) is 36.7 Å². The molecule has 2 aromatic carbocycles. The highest BCUT2D eigenvalue weighted by Gasteiger charge is 2.27. The van der Waals surface area contributed by atoms with E-state index >= 15 is 0 Å². The Morgan fingerprint density at radius 3 is 2.53 bits per heavy atom. The summed E-state index contributed by atoms with van der Waals surface area (Å²) in [6, 6.07) is 11.1. The number of hydrogen-bond acceptors (Lipinski definition) is 7. The molecule has 0 aliphatic carbocycles. The summed E-state index contributed by atoms with van der Waals surface area (Å²) in [7, 11) is -2.85. The van der Waals surface area contributed by atoms with E-state index in [0.717, 1.165) is 4.31 Å². The summed E-state index contributed by atoms with van der Waals surface area (Å²) in [6.07, 6.45) is 0.858. The van der Waals surface area contributed by atoms with Crippen LogP contribution in [0.1, 0.15) is 31.9 Å². The van der Waals surface area contributed by atoms with Gasteiger partial charge in [-0.15, -0.1) is 0 Å². The van der Waals surface area contributed by atoms with Crippen LogP contribution in [-0.4, -0.2) is 55.0 Å². The van der Waals surface area contributed by atoms with E-state index in [9.17, 15) is 22.8 Å². The van der Waals surface area contributed by atoms with Gasteiger partial charge in [-0.05, 0) is 50.6 Å². The van der Waals surface area contributed by atoms with Gasteiger partial charge in [0.05, 0.1) is 10.5 Å². The van der Waals surface area contributed by atoms with Crippen molar-refractivity contribution < 1.29 is 32.6 Å². The molecule has 2 aromatic rings. The van der Waals surface area contributed by atoms with E-state index in [-0.39, 0.29) is 17.3 Å². The van der Waals surface area contributed by atoms with Crippen LogP contribution in [-0.2, 0) is 30.9 Å². The van der Waals surface area contributed by atoms with Crippen molar-refractivity contribution >= 4 is 44.9 Å². The molecule has 0 saturated heterocycles. The molecule has 36 heavy (non-hydrogen) atoms. The van der Waals surface area contributed by atoms with E-state index < -0.39 is 34.2 Å². The summed E-state index contributed by atoms with van der Waals surface area (Å²) < 4.78 is 31.3. The number of rotatable bonds is 8. The van der Waals surface area contributed by atoms with Crippen molar-refractivity contribution in [1.29, 1.82) is 0 Å². The zero-order valence-electron chi connectivity index (χ0n) is 20.3. The molecule has 0 aromatic heterocycles. The standard InChI is InChI=1S/C24H28N4O7S/c1-24(2,3)35-23(32)26-12-15-7-5-10-19-21(15)18(22(31)27-19)13-25-16-8-6-9-17(11-16)36(33,34)28(4)14-20(29)30/h5-11,13,25H,12,14H2,1-4H3,(H,26,32)(H,27,31)(H,29,30)/b18-13-. The highest BCUT2D eigenvalue weighted by molar-refractivity contribution is 7.89. The SMILES string of the molecule is CN(CC(=O)O)S(=O)(=O)c1cccc(N/C=C2\C(=O)Nc3cccc(CNC(=O)OC(C)(C)C)c32)c1. The number of carboxylic acids is 1. The maximum Gasteiger partial charge on any atom is 0.407 e. The van der Waals surface area contributed by atoms with Crippen LogP contribution in [0, 0.1) is 0 Å². The van der Waals surface area contributed by atoms with E-state index in [0.29, 0.717) is 28.1 Å². The largest absolute Gasteiger partial charge is 0.480 e. The van der Waals surface area contributed by atoms with Crippen molar-refractivity contribution in [3.63, 3.8) is 0 Å². The lowest BCUT2D eigenvalue weighted by Crippen LogP contribution is -2.32. The highest BCUT2D eigenvalue weighted by atomic mass is 32.2. The monoisotopic (exact) mass is 516 g/mol. The summed E-state index contributed by atoms with van der Waals surface area (Å²) in [6.45, 7) is 4.71. The Morgan fingerprint density at radius 2 is 1.86 bits per heavy atom. The Kier molecular flexibility index (Phi) is 7.70. The van der Waals surface area contributed by atoms with E-state index in [1.807, 2.05) is 0 Å². The summed E-state index contributed by atoms with van der Waals surface area (Å²) >= 11 is 0. The summed E-state index contributed by atoms with van der Waals surface area (Å²) in [5, 5.41) is 17.3. The van der Waals surface area contributed by atoms with Crippen LogP contribution in [0.25, 0.3) is 5.57 Å². The van der Waals surface area contributed by atoms with Gasteiger partial charge in [-0.2, -0.15) is 4.31 Å². The molecule has 1 heterocycles. The molecule has 12 heteroatoms. The number of fused-ring (bicyclic) bond motifs is 1. The van der Waals surface area contributed by atoms with Gasteiger partial charge in [0.2, 0.25) is 10.0 Å². The first-order chi connectivity index (χ1) is 16.8. The number of carbonyl (C=O) groups excluding carboxylic acids is 2. The highest BCUT2D eigenvalue weighted by Crippen LogP contribution is 2.34. The number of carbonyl (C=O) groups is 3. The number of carboxylic acid groups (broad SMARTS) is 1. The number of anilines is 2. The van der Waals surface area contributed by atoms with Gasteiger partial charge in [0.25, 0.3) is 5.91 Å². The molecule has 0 atom stereocenters. The van der Waals surface area contributed by atoms with Gasteiger partial charge in [-0.25, -0.2) is 13.2 Å². The van der Waals surface area contributed by atoms with Crippen molar-refractivity contribution in [2.75, 3.05) is 24.2 Å². The fourth-order valence-electron chi connectivity index (χ4n) is 3.45. The third kappa shape index (κ3) is 6.40. The number of aliphatic carboxylic acids is 1. The molecule has 0 bridgehead atoms. The lowest BCUT2D eigenvalue weighted by atomic mass is 10.0. The zero-order valence-corrected chi connectivity index (χ0v) is 21.1. The maximum absolute atomic E-state index is 12.7. The number of nitrogens with one attached hydrogen (secondary N) is 3. The Bertz CT molecular complexity index is 1330. The quantitative estimate of drug-likeness (QED) is 0.391. The molecular weight excluding hydrogens is 488 g/mol. The summed E-state index contributed by atoms with van der Waals surface area (Å²) in [4.78, 5) is 35.6. The van der Waals surface area contributed by atoms with Crippen molar-refractivity contribution in [3.8, 4) is 0 Å². The van der Waals surface area contributed by atoms with Gasteiger partial charge < -0.3 is 25.8 Å². The predicted octanol–water partition coefficient (Wildman–Crippen LogP) is 2.82. The summed E-state index contributed by atoms with van der Waals surface area (Å²) in [5.41, 5.74) is 1.86. The van der Waals surface area contributed by atoms with Crippen LogP contribution >= 0.6 is 0 Å². The third-order valence-electron chi connectivity index (χ3n) is 5.02. The minimum atomic E-state index is -4.03. The van der Waals surface area contributed by atoms with Crippen molar-refractivity contribution in [1.82, 2.24) is 9.62 Å². The van der Waals surface area contributed by atoms with Crippen LogP contribution < -0.4 is 16.0 Å². The molecule has 0 fully saturated rings. The first-order valence-electron chi connectivity index (χ1n) is 10.9. The van der Waals surface area contributed by atoms with Crippen molar-refractivity contribution in [2.24, 2.45) is 0 Å². The minimum absolute atomic E-state index is 0.104. The van der Waals surface area contributed by atoms with Crippen LogP contribution in [0.15, 0.2) is 53.6 Å². The molecule has 3 rings (SSSR count). The van der Waals surface area contributed by atoms with Crippen LogP contribution in [0.2, 0.25) is 0 Å². The lowest BCUT2D eigenvalue weighted by Gasteiger charge is -2.20. The number of nitrogens with zero attached hydrogens (tertiary/aromatic N) is 1. The van der Waals surface area contributed by atoms with Crippen LogP contribution in [0.5, 0.6) is 0 Å². The Labute approximate surface area is 209 Å². The molecule has 1 aliphatic rings. The molecule has 192 valence electrons. The van der Waals surface area contributed by atoms with E-state index in [4.69, 9.17) is 9.84 Å². The average Bonchev–Trinajstić information content (AvgIpc) is 3.10. The van der Waals surface area contributed by atoms with Gasteiger partial charge in [-0.1, -0.05) is 18.2 Å². The van der Waals surface area contributed by atoms with Gasteiger partial charge in [-0.3, -0.25) is 9.59 Å². The normalized spacial score (nSPS) is 14.4. The second-order valence-corrected chi connectivity index (χ2v) is 11.1. The van der Waals surface area contributed by atoms with Crippen molar-refractivity contribution in [3.05, 3.63) is 59.8 Å². The first kappa shape index (κ1) is 26.7. The van der Waals surface area contributed by atoms with Gasteiger partial charge in [0.15, 0.2) is 0 Å². The fraction of sp³-hybridized carbons (Fsp3) is 0.292. The summed E-state index contributed by atoms with van der Waals surface area (Å²) in [5.74, 6) is -1.64. The lowest BCUT2D eigenvalue weighted by molar-refractivity contribution is -0.137. The number of ether oxygens (including phenoxy) is 1. The molecule has 0 saturated carbocycles. The number of hydrogen-bond donors (Lipinski definition) is 4. The first-order valence-corrected chi connectivity index (χ1v) is 12.4. The zero-order chi connectivity index (χ0) is 26.7. The van der Waals surface area contributed by atoms with E-state index in [1.165, 1.54) is 31.4 Å². The smallest absolute Gasteiger partial charge is 0.407 e.